The summed E-state index contributed by atoms with van der Waals surface area (Å²) >= 11 is 3.31. The molecule has 1 N–H and O–H groups in total. The summed E-state index contributed by atoms with van der Waals surface area (Å²) < 4.78 is 0.772. The molecule has 1 amide bonds. The summed E-state index contributed by atoms with van der Waals surface area (Å²) in [7, 11) is 1.75. The molecule has 4 nitrogen and oxygen atoms in total. The van der Waals surface area contributed by atoms with Crippen LogP contribution in [-0.2, 0) is 0 Å². The van der Waals surface area contributed by atoms with E-state index in [4.69, 9.17) is 0 Å². The van der Waals surface area contributed by atoms with Gasteiger partial charge in [0.25, 0.3) is 5.91 Å². The maximum atomic E-state index is 12.4. The summed E-state index contributed by atoms with van der Waals surface area (Å²) in [6.07, 6.45) is 3.19. The molecule has 1 atom stereocenters. The lowest BCUT2D eigenvalue weighted by Gasteiger charge is -2.25. The van der Waals surface area contributed by atoms with Crippen molar-refractivity contribution in [3.05, 3.63) is 58.3 Å². The first-order chi connectivity index (χ1) is 9.49. The van der Waals surface area contributed by atoms with Gasteiger partial charge in [-0.15, -0.1) is 0 Å². The molecular formula is C15H15BrN2O2. The van der Waals surface area contributed by atoms with Crippen molar-refractivity contribution < 1.29 is 9.90 Å². The second-order valence-electron chi connectivity index (χ2n) is 4.58. The van der Waals surface area contributed by atoms with Crippen molar-refractivity contribution in [1.29, 1.82) is 0 Å². The maximum absolute atomic E-state index is 12.4. The lowest BCUT2D eigenvalue weighted by Crippen LogP contribution is -2.29. The minimum Gasteiger partial charge on any atom is -0.508 e. The van der Waals surface area contributed by atoms with E-state index in [0.29, 0.717) is 5.56 Å². The molecule has 0 saturated carbocycles. The molecule has 1 aromatic heterocycles. The summed E-state index contributed by atoms with van der Waals surface area (Å²) in [4.78, 5) is 18.0. The summed E-state index contributed by atoms with van der Waals surface area (Å²) in [6.45, 7) is 1.94. The van der Waals surface area contributed by atoms with E-state index in [2.05, 4.69) is 20.9 Å². The zero-order valence-electron chi connectivity index (χ0n) is 11.2. The number of carbonyl (C=O) groups is 1. The van der Waals surface area contributed by atoms with Crippen molar-refractivity contribution >= 4 is 21.8 Å². The number of nitrogens with zero attached hydrogens (tertiary/aromatic N) is 2. The summed E-state index contributed by atoms with van der Waals surface area (Å²) in [6, 6.07) is 8.50. The Balaban J connectivity index is 2.20. The smallest absolute Gasteiger partial charge is 0.255 e. The molecule has 20 heavy (non-hydrogen) atoms. The molecule has 2 aromatic rings. The second-order valence-corrected chi connectivity index (χ2v) is 5.49. The topological polar surface area (TPSA) is 53.4 Å². The number of rotatable bonds is 3. The van der Waals surface area contributed by atoms with E-state index < -0.39 is 0 Å². The Morgan fingerprint density at radius 1 is 1.30 bits per heavy atom. The number of aromatic hydroxyl groups is 1. The van der Waals surface area contributed by atoms with Gasteiger partial charge in [-0.2, -0.15) is 0 Å². The number of aromatic nitrogens is 1. The van der Waals surface area contributed by atoms with Crippen LogP contribution in [-0.4, -0.2) is 27.9 Å². The van der Waals surface area contributed by atoms with Crippen molar-refractivity contribution in [1.82, 2.24) is 9.88 Å². The lowest BCUT2D eigenvalue weighted by atomic mass is 10.1. The van der Waals surface area contributed by atoms with Crippen molar-refractivity contribution in [3.63, 3.8) is 0 Å². The van der Waals surface area contributed by atoms with E-state index in [1.807, 2.05) is 19.1 Å². The van der Waals surface area contributed by atoms with E-state index in [-0.39, 0.29) is 17.7 Å². The first kappa shape index (κ1) is 14.5. The van der Waals surface area contributed by atoms with Crippen LogP contribution < -0.4 is 0 Å². The van der Waals surface area contributed by atoms with Gasteiger partial charge >= 0.3 is 0 Å². The monoisotopic (exact) mass is 334 g/mol. The van der Waals surface area contributed by atoms with E-state index in [1.165, 1.54) is 0 Å². The third-order valence-corrected chi connectivity index (χ3v) is 3.66. The molecule has 1 aromatic carbocycles. The van der Waals surface area contributed by atoms with Gasteiger partial charge in [-0.3, -0.25) is 9.78 Å². The van der Waals surface area contributed by atoms with Crippen LogP contribution >= 0.6 is 15.9 Å². The summed E-state index contributed by atoms with van der Waals surface area (Å²) in [5.74, 6) is 0.116. The minimum atomic E-state index is -0.0978. The summed E-state index contributed by atoms with van der Waals surface area (Å²) in [5, 5.41) is 9.30. The predicted octanol–water partition coefficient (Wildman–Crippen LogP) is 3.38. The van der Waals surface area contributed by atoms with E-state index >= 15 is 0 Å². The number of halogens is 1. The van der Waals surface area contributed by atoms with Gasteiger partial charge in [-0.05, 0) is 46.6 Å². The molecule has 2 rings (SSSR count). The van der Waals surface area contributed by atoms with Gasteiger partial charge in [0.05, 0.1) is 11.6 Å². The number of phenolic OH excluding ortho intramolecular Hbond substituents is 1. The van der Waals surface area contributed by atoms with Crippen molar-refractivity contribution in [3.8, 4) is 5.75 Å². The first-order valence-electron chi connectivity index (χ1n) is 6.15. The highest BCUT2D eigenvalue weighted by Gasteiger charge is 2.19. The van der Waals surface area contributed by atoms with Crippen LogP contribution in [0.3, 0.4) is 0 Å². The highest BCUT2D eigenvalue weighted by atomic mass is 79.9. The average Bonchev–Trinajstić information content (AvgIpc) is 2.46. The lowest BCUT2D eigenvalue weighted by molar-refractivity contribution is 0.0742. The Morgan fingerprint density at radius 2 is 1.95 bits per heavy atom. The molecule has 1 unspecified atom stereocenters. The molecule has 0 fully saturated rings. The van der Waals surface area contributed by atoms with Gasteiger partial charge in [0.1, 0.15) is 5.75 Å². The van der Waals surface area contributed by atoms with Crippen LogP contribution in [0.1, 0.15) is 28.9 Å². The summed E-state index contributed by atoms with van der Waals surface area (Å²) in [5.41, 5.74) is 1.49. The van der Waals surface area contributed by atoms with Gasteiger partial charge in [0.2, 0.25) is 0 Å². The highest BCUT2D eigenvalue weighted by Crippen LogP contribution is 2.23. The van der Waals surface area contributed by atoms with Gasteiger partial charge < -0.3 is 10.0 Å². The molecule has 104 valence electrons. The molecule has 0 bridgehead atoms. The van der Waals surface area contributed by atoms with Gasteiger partial charge in [-0.25, -0.2) is 0 Å². The third-order valence-electron chi connectivity index (χ3n) is 3.23. The number of phenols is 1. The predicted molar refractivity (Wildman–Crippen MR) is 80.6 cm³/mol. The van der Waals surface area contributed by atoms with Crippen LogP contribution in [0, 0.1) is 0 Å². The number of hydrogen-bond donors (Lipinski definition) is 1. The standard InChI is InChI=1S/C15H15BrN2O2/c1-10(11-3-5-14(19)6-4-11)18(2)15(20)12-7-13(16)9-17-8-12/h3-10,19H,1-2H3. The van der Waals surface area contributed by atoms with Crippen LogP contribution in [0.2, 0.25) is 0 Å². The Hall–Kier alpha value is -1.88. The highest BCUT2D eigenvalue weighted by molar-refractivity contribution is 9.10. The fourth-order valence-corrected chi connectivity index (χ4v) is 2.25. The Bertz CT molecular complexity index is 614. The minimum absolute atomic E-state index is 0.0953. The molecule has 5 heteroatoms. The molecule has 0 aliphatic carbocycles. The number of benzene rings is 1. The Morgan fingerprint density at radius 3 is 2.55 bits per heavy atom. The van der Waals surface area contributed by atoms with Crippen LogP contribution in [0.5, 0.6) is 5.75 Å². The molecule has 1 heterocycles. The second kappa shape index (κ2) is 6.05. The van der Waals surface area contributed by atoms with E-state index in [1.54, 1.807) is 42.5 Å². The molecule has 0 spiro atoms. The van der Waals surface area contributed by atoms with Gasteiger partial charge in [-0.1, -0.05) is 12.1 Å². The SMILES string of the molecule is CC(c1ccc(O)cc1)N(C)C(=O)c1cncc(Br)c1. The van der Waals surface area contributed by atoms with Crippen LogP contribution in [0.25, 0.3) is 0 Å². The zero-order chi connectivity index (χ0) is 14.7. The first-order valence-corrected chi connectivity index (χ1v) is 6.95. The Kier molecular flexibility index (Phi) is 4.39. The van der Waals surface area contributed by atoms with Crippen molar-refractivity contribution in [2.45, 2.75) is 13.0 Å². The molecule has 0 aliphatic rings. The largest absolute Gasteiger partial charge is 0.508 e. The third kappa shape index (κ3) is 3.17. The number of pyridine rings is 1. The zero-order valence-corrected chi connectivity index (χ0v) is 12.8. The van der Waals surface area contributed by atoms with Crippen LogP contribution in [0.15, 0.2) is 47.2 Å². The fourth-order valence-electron chi connectivity index (χ4n) is 1.88. The Labute approximate surface area is 126 Å². The normalized spacial score (nSPS) is 11.9. The number of hydrogen-bond acceptors (Lipinski definition) is 3. The number of carbonyl (C=O) groups excluding carboxylic acids is 1. The number of amides is 1. The van der Waals surface area contributed by atoms with Gasteiger partial charge in [0.15, 0.2) is 0 Å². The van der Waals surface area contributed by atoms with Crippen LogP contribution in [0.4, 0.5) is 0 Å². The van der Waals surface area contributed by atoms with Crippen molar-refractivity contribution in [2.24, 2.45) is 0 Å². The fraction of sp³-hybridized carbons (Fsp3) is 0.200. The maximum Gasteiger partial charge on any atom is 0.255 e. The molecule has 0 aliphatic heterocycles. The molecule has 0 saturated heterocycles. The quantitative estimate of drug-likeness (QED) is 0.936. The van der Waals surface area contributed by atoms with E-state index in [0.717, 1.165) is 10.0 Å². The van der Waals surface area contributed by atoms with Gasteiger partial charge in [0, 0.05) is 23.9 Å². The average molecular weight is 335 g/mol. The van der Waals surface area contributed by atoms with E-state index in [9.17, 15) is 9.90 Å². The van der Waals surface area contributed by atoms with Crippen molar-refractivity contribution in [2.75, 3.05) is 7.05 Å². The molecular weight excluding hydrogens is 320 g/mol. The molecule has 0 radical (unpaired) electrons.